The molecule has 2 aromatic rings. The van der Waals surface area contributed by atoms with Gasteiger partial charge in [-0.3, -0.25) is 9.89 Å². The van der Waals surface area contributed by atoms with Gasteiger partial charge < -0.3 is 24.2 Å². The maximum absolute atomic E-state index is 11.8. The van der Waals surface area contributed by atoms with Gasteiger partial charge in [0, 0.05) is 52.4 Å². The highest BCUT2D eigenvalue weighted by Gasteiger charge is 2.20. The van der Waals surface area contributed by atoms with Gasteiger partial charge in [0.25, 0.3) is 0 Å². The number of ether oxygens (including phenoxy) is 2. The third kappa shape index (κ3) is 6.08. The first-order chi connectivity index (χ1) is 14.1. The molecule has 1 aliphatic rings. The number of esters is 1. The fraction of sp³-hybridized carbons (Fsp3) is 0.450. The molecule has 0 spiro atoms. The van der Waals surface area contributed by atoms with Crippen molar-refractivity contribution >= 4 is 35.9 Å². The van der Waals surface area contributed by atoms with E-state index in [1.54, 1.807) is 19.4 Å². The van der Waals surface area contributed by atoms with Crippen LogP contribution in [0.1, 0.15) is 21.6 Å². The highest BCUT2D eigenvalue weighted by Crippen LogP contribution is 2.21. The van der Waals surface area contributed by atoms with Crippen molar-refractivity contribution in [2.24, 2.45) is 4.99 Å². The second kappa shape index (κ2) is 11.7. The lowest BCUT2D eigenvalue weighted by molar-refractivity contribution is 0.0597. The molecule has 0 saturated carbocycles. The number of nitrogens with one attached hydrogen (secondary N) is 1. The van der Waals surface area contributed by atoms with Crippen LogP contribution in [0, 0.1) is 0 Å². The summed E-state index contributed by atoms with van der Waals surface area (Å²) in [5.41, 5.74) is 2.34. The summed E-state index contributed by atoms with van der Waals surface area (Å²) in [7, 11) is 4.67. The van der Waals surface area contributed by atoms with Crippen LogP contribution in [0.2, 0.25) is 0 Å². The van der Waals surface area contributed by atoms with Gasteiger partial charge in [-0.05, 0) is 17.7 Å². The molecule has 0 radical (unpaired) electrons. The second-order valence-electron chi connectivity index (χ2n) is 6.68. The maximum Gasteiger partial charge on any atom is 0.341 e. The zero-order valence-corrected chi connectivity index (χ0v) is 19.8. The minimum absolute atomic E-state index is 0. The molecule has 10 heteroatoms. The van der Waals surface area contributed by atoms with Crippen LogP contribution in [-0.4, -0.2) is 74.3 Å². The van der Waals surface area contributed by atoms with Gasteiger partial charge in [-0.15, -0.1) is 24.0 Å². The standard InChI is InChI=1S/C20H27N5O4.HI/c1-21-20(25-9-7-24(8-10-25)14-16-6-11-29-23-16)22-13-15-4-5-17(19(26)28-3)18(12-15)27-2;/h4-6,11-12H,7-10,13-14H2,1-3H3,(H,21,22);1H. The molecule has 2 heterocycles. The summed E-state index contributed by atoms with van der Waals surface area (Å²) in [5.74, 6) is 0.926. The Balaban J connectivity index is 0.00000320. The Morgan fingerprint density at radius 2 is 2.00 bits per heavy atom. The fourth-order valence-electron chi connectivity index (χ4n) is 3.30. The van der Waals surface area contributed by atoms with Crippen LogP contribution < -0.4 is 10.1 Å². The zero-order valence-electron chi connectivity index (χ0n) is 17.5. The van der Waals surface area contributed by atoms with E-state index in [9.17, 15) is 4.79 Å². The molecule has 1 fully saturated rings. The number of methoxy groups -OCH3 is 2. The van der Waals surface area contributed by atoms with Crippen molar-refractivity contribution in [2.45, 2.75) is 13.1 Å². The molecule has 0 aliphatic carbocycles. The molecule has 1 saturated heterocycles. The smallest absolute Gasteiger partial charge is 0.341 e. The van der Waals surface area contributed by atoms with Gasteiger partial charge in [0.15, 0.2) is 5.96 Å². The fourth-order valence-corrected chi connectivity index (χ4v) is 3.30. The number of aliphatic imine (C=N–C) groups is 1. The number of carbonyl (C=O) groups is 1. The summed E-state index contributed by atoms with van der Waals surface area (Å²) in [6, 6.07) is 7.33. The first-order valence-corrected chi connectivity index (χ1v) is 9.47. The number of guanidine groups is 1. The maximum atomic E-state index is 11.8. The Labute approximate surface area is 193 Å². The van der Waals surface area contributed by atoms with Crippen molar-refractivity contribution in [3.8, 4) is 5.75 Å². The summed E-state index contributed by atoms with van der Waals surface area (Å²) in [4.78, 5) is 20.8. The number of rotatable bonds is 6. The molecule has 1 N–H and O–H groups in total. The lowest BCUT2D eigenvalue weighted by atomic mass is 10.1. The minimum atomic E-state index is -0.416. The second-order valence-corrected chi connectivity index (χ2v) is 6.68. The van der Waals surface area contributed by atoms with Gasteiger partial charge in [-0.2, -0.15) is 0 Å². The average Bonchev–Trinajstić information content (AvgIpc) is 3.27. The van der Waals surface area contributed by atoms with Gasteiger partial charge in [-0.1, -0.05) is 11.2 Å². The molecule has 0 atom stereocenters. The SMILES string of the molecule is CN=C(NCc1ccc(C(=O)OC)c(OC)c1)N1CCN(Cc2ccon2)CC1.I. The third-order valence-electron chi connectivity index (χ3n) is 4.88. The molecule has 1 aliphatic heterocycles. The molecule has 9 nitrogen and oxygen atoms in total. The minimum Gasteiger partial charge on any atom is -0.496 e. The number of aromatic nitrogens is 1. The van der Waals surface area contributed by atoms with E-state index in [4.69, 9.17) is 14.0 Å². The van der Waals surface area contributed by atoms with Crippen LogP contribution in [-0.2, 0) is 17.8 Å². The molecule has 0 unspecified atom stereocenters. The van der Waals surface area contributed by atoms with Crippen LogP contribution in [0.3, 0.4) is 0 Å². The van der Waals surface area contributed by atoms with E-state index >= 15 is 0 Å². The normalized spacial score (nSPS) is 14.8. The van der Waals surface area contributed by atoms with Crippen molar-refractivity contribution in [3.63, 3.8) is 0 Å². The molecule has 30 heavy (non-hydrogen) atoms. The number of nitrogens with zero attached hydrogens (tertiary/aromatic N) is 4. The Kier molecular flexibility index (Phi) is 9.37. The number of benzene rings is 1. The third-order valence-corrected chi connectivity index (χ3v) is 4.88. The first-order valence-electron chi connectivity index (χ1n) is 9.47. The van der Waals surface area contributed by atoms with Crippen LogP contribution in [0.5, 0.6) is 5.75 Å². The Morgan fingerprint density at radius 3 is 2.60 bits per heavy atom. The Hall–Kier alpha value is -2.34. The van der Waals surface area contributed by atoms with Gasteiger partial charge in [0.1, 0.15) is 17.6 Å². The summed E-state index contributed by atoms with van der Waals surface area (Å²) < 4.78 is 15.0. The van der Waals surface area contributed by atoms with E-state index in [1.165, 1.54) is 14.2 Å². The Morgan fingerprint density at radius 1 is 1.23 bits per heavy atom. The van der Waals surface area contributed by atoms with Crippen LogP contribution >= 0.6 is 24.0 Å². The van der Waals surface area contributed by atoms with Crippen molar-refractivity contribution in [1.82, 2.24) is 20.3 Å². The molecule has 164 valence electrons. The summed E-state index contributed by atoms with van der Waals surface area (Å²) in [6.07, 6.45) is 1.60. The lowest BCUT2D eigenvalue weighted by Gasteiger charge is -2.36. The van der Waals surface area contributed by atoms with Gasteiger partial charge in [-0.25, -0.2) is 4.79 Å². The van der Waals surface area contributed by atoms with E-state index in [0.29, 0.717) is 17.9 Å². The number of carbonyl (C=O) groups excluding carboxylic acids is 1. The molecule has 1 aromatic heterocycles. The van der Waals surface area contributed by atoms with Crippen LogP contribution in [0.4, 0.5) is 0 Å². The van der Waals surface area contributed by atoms with Gasteiger partial charge in [0.05, 0.1) is 19.9 Å². The lowest BCUT2D eigenvalue weighted by Crippen LogP contribution is -2.52. The number of hydrogen-bond acceptors (Lipinski definition) is 7. The summed E-state index contributed by atoms with van der Waals surface area (Å²) >= 11 is 0. The largest absolute Gasteiger partial charge is 0.496 e. The number of hydrogen-bond donors (Lipinski definition) is 1. The topological polar surface area (TPSA) is 92.4 Å². The van der Waals surface area contributed by atoms with Crippen LogP contribution in [0.25, 0.3) is 0 Å². The molecule has 1 aromatic carbocycles. The predicted octanol–water partition coefficient (Wildman–Crippen LogP) is 1.98. The molecule has 0 amide bonds. The zero-order chi connectivity index (χ0) is 20.6. The van der Waals surface area contributed by atoms with E-state index < -0.39 is 5.97 Å². The van der Waals surface area contributed by atoms with Gasteiger partial charge in [0.2, 0.25) is 0 Å². The highest BCUT2D eigenvalue weighted by molar-refractivity contribution is 14.0. The van der Waals surface area contributed by atoms with Crippen molar-refractivity contribution in [3.05, 3.63) is 47.3 Å². The summed E-state index contributed by atoms with van der Waals surface area (Å²) in [6.45, 7) is 4.97. The summed E-state index contributed by atoms with van der Waals surface area (Å²) in [5, 5.41) is 7.36. The number of halogens is 1. The van der Waals surface area contributed by atoms with E-state index in [0.717, 1.165) is 49.9 Å². The van der Waals surface area contributed by atoms with Gasteiger partial charge >= 0.3 is 5.97 Å². The molecular weight excluding hydrogens is 501 g/mol. The van der Waals surface area contributed by atoms with E-state index in [-0.39, 0.29) is 24.0 Å². The van der Waals surface area contributed by atoms with Crippen molar-refractivity contribution in [2.75, 3.05) is 47.4 Å². The average molecular weight is 529 g/mol. The van der Waals surface area contributed by atoms with Crippen molar-refractivity contribution in [1.29, 1.82) is 0 Å². The van der Waals surface area contributed by atoms with Crippen LogP contribution in [0.15, 0.2) is 40.0 Å². The monoisotopic (exact) mass is 529 g/mol. The highest BCUT2D eigenvalue weighted by atomic mass is 127. The van der Waals surface area contributed by atoms with Crippen molar-refractivity contribution < 1.29 is 18.8 Å². The predicted molar refractivity (Wildman–Crippen MR) is 123 cm³/mol. The van der Waals surface area contributed by atoms with E-state index in [1.807, 2.05) is 18.2 Å². The van der Waals surface area contributed by atoms with E-state index in [2.05, 4.69) is 25.3 Å². The molecule has 3 rings (SSSR count). The first kappa shape index (κ1) is 23.9. The molecular formula is C20H28IN5O4. The molecule has 0 bridgehead atoms. The Bertz CT molecular complexity index is 836. The number of piperazine rings is 1. The quantitative estimate of drug-likeness (QED) is 0.263.